The summed E-state index contributed by atoms with van der Waals surface area (Å²) in [4.78, 5) is 35.8. The van der Waals surface area contributed by atoms with Crippen LogP contribution in [0.25, 0.3) is 6.08 Å². The lowest BCUT2D eigenvalue weighted by Gasteiger charge is -2.29. The average molecular weight is 457 g/mol. The molecule has 2 rings (SSSR count). The van der Waals surface area contributed by atoms with Crippen LogP contribution in [0.2, 0.25) is 0 Å². The molecule has 28 heavy (non-hydrogen) atoms. The van der Waals surface area contributed by atoms with Crippen molar-refractivity contribution in [1.82, 2.24) is 0 Å². The monoisotopic (exact) mass is 456 g/mol. The summed E-state index contributed by atoms with van der Waals surface area (Å²) in [5.41, 5.74) is 0.221. The molecule has 0 N–H and O–H groups in total. The normalized spacial score (nSPS) is 15.4. The first-order chi connectivity index (χ1) is 13.2. The molecular weight excluding hydrogens is 436 g/mol. The minimum atomic E-state index is -1.32. The van der Waals surface area contributed by atoms with Crippen LogP contribution >= 0.6 is 15.9 Å². The van der Waals surface area contributed by atoms with E-state index in [2.05, 4.69) is 15.9 Å². The molecule has 9 heteroatoms. The Hall–Kier alpha value is -2.55. The highest BCUT2D eigenvalue weighted by molar-refractivity contribution is 9.10. The number of carbonyl (C=O) groups excluding carboxylic acids is 3. The Balaban J connectivity index is 2.33. The molecule has 1 aromatic carbocycles. The summed E-state index contributed by atoms with van der Waals surface area (Å²) in [6, 6.07) is 3.14. The van der Waals surface area contributed by atoms with Crippen LogP contribution in [0.1, 0.15) is 33.3 Å². The van der Waals surface area contributed by atoms with Crippen molar-refractivity contribution in [3.63, 3.8) is 0 Å². The van der Waals surface area contributed by atoms with Gasteiger partial charge >= 0.3 is 17.9 Å². The fourth-order valence-electron chi connectivity index (χ4n) is 2.32. The third-order valence-electron chi connectivity index (χ3n) is 3.43. The zero-order valence-corrected chi connectivity index (χ0v) is 17.6. The SMILES string of the molecule is CCOC(=O)COc1cc(Br)c(C=C2C(=O)OC(C)(C)OC2=O)cc1OCC. The van der Waals surface area contributed by atoms with Gasteiger partial charge in [-0.25, -0.2) is 14.4 Å². The number of rotatable bonds is 7. The predicted octanol–water partition coefficient (Wildman–Crippen LogP) is 3.01. The van der Waals surface area contributed by atoms with E-state index in [1.165, 1.54) is 19.9 Å². The largest absolute Gasteiger partial charge is 0.490 e. The first-order valence-electron chi connectivity index (χ1n) is 8.60. The van der Waals surface area contributed by atoms with Gasteiger partial charge in [0.2, 0.25) is 0 Å². The topological polar surface area (TPSA) is 97.4 Å². The molecule has 1 aromatic rings. The lowest BCUT2D eigenvalue weighted by Crippen LogP contribution is -2.41. The predicted molar refractivity (Wildman–Crippen MR) is 102 cm³/mol. The molecule has 0 amide bonds. The molecule has 0 bridgehead atoms. The summed E-state index contributed by atoms with van der Waals surface area (Å²) >= 11 is 3.36. The van der Waals surface area contributed by atoms with E-state index in [-0.39, 0.29) is 18.8 Å². The Morgan fingerprint density at radius 2 is 1.68 bits per heavy atom. The molecule has 1 heterocycles. The third kappa shape index (κ3) is 5.48. The second kappa shape index (κ2) is 9.09. The average Bonchev–Trinajstić information content (AvgIpc) is 2.58. The standard InChI is InChI=1S/C19H21BrO8/c1-5-24-14-8-11(7-12-17(22)27-19(3,4)28-18(12)23)13(20)9-15(14)26-10-16(21)25-6-2/h7-9H,5-6,10H2,1-4H3. The maximum absolute atomic E-state index is 12.1. The van der Waals surface area contributed by atoms with Gasteiger partial charge in [-0.05, 0) is 37.6 Å². The molecule has 1 aliphatic rings. The van der Waals surface area contributed by atoms with Crippen molar-refractivity contribution in [2.45, 2.75) is 33.5 Å². The van der Waals surface area contributed by atoms with Crippen molar-refractivity contribution in [2.24, 2.45) is 0 Å². The second-order valence-electron chi connectivity index (χ2n) is 6.08. The van der Waals surface area contributed by atoms with Crippen LogP contribution in [-0.4, -0.2) is 43.5 Å². The van der Waals surface area contributed by atoms with Crippen molar-refractivity contribution in [1.29, 1.82) is 0 Å². The first kappa shape index (κ1) is 21.7. The van der Waals surface area contributed by atoms with E-state index in [1.807, 2.05) is 0 Å². The van der Waals surface area contributed by atoms with Gasteiger partial charge in [0.1, 0.15) is 5.57 Å². The Labute approximate surface area is 170 Å². The molecule has 0 saturated carbocycles. The van der Waals surface area contributed by atoms with E-state index in [0.717, 1.165) is 0 Å². The molecule has 1 saturated heterocycles. The maximum Gasteiger partial charge on any atom is 0.348 e. The highest BCUT2D eigenvalue weighted by Crippen LogP contribution is 2.36. The fraction of sp³-hybridized carbons (Fsp3) is 0.421. The Morgan fingerprint density at radius 3 is 2.25 bits per heavy atom. The maximum atomic E-state index is 12.1. The van der Waals surface area contributed by atoms with Crippen LogP contribution < -0.4 is 9.47 Å². The molecule has 0 spiro atoms. The number of cyclic esters (lactones) is 2. The quantitative estimate of drug-likeness (QED) is 0.350. The van der Waals surface area contributed by atoms with Gasteiger partial charge in [-0.15, -0.1) is 0 Å². The van der Waals surface area contributed by atoms with E-state index < -0.39 is 23.7 Å². The zero-order chi connectivity index (χ0) is 20.9. The highest BCUT2D eigenvalue weighted by Gasteiger charge is 2.39. The van der Waals surface area contributed by atoms with E-state index >= 15 is 0 Å². The van der Waals surface area contributed by atoms with Crippen LogP contribution in [0, 0.1) is 0 Å². The van der Waals surface area contributed by atoms with Gasteiger partial charge in [-0.1, -0.05) is 15.9 Å². The molecule has 1 aliphatic heterocycles. The van der Waals surface area contributed by atoms with E-state index in [9.17, 15) is 14.4 Å². The highest BCUT2D eigenvalue weighted by atomic mass is 79.9. The molecule has 0 unspecified atom stereocenters. The fourth-order valence-corrected chi connectivity index (χ4v) is 2.75. The molecule has 0 atom stereocenters. The number of esters is 3. The van der Waals surface area contributed by atoms with E-state index in [1.54, 1.807) is 26.0 Å². The van der Waals surface area contributed by atoms with Gasteiger partial charge in [0.05, 0.1) is 13.2 Å². The number of ether oxygens (including phenoxy) is 5. The molecule has 152 valence electrons. The smallest absolute Gasteiger partial charge is 0.348 e. The lowest BCUT2D eigenvalue weighted by molar-refractivity contribution is -0.222. The lowest BCUT2D eigenvalue weighted by atomic mass is 10.1. The molecule has 0 aliphatic carbocycles. The summed E-state index contributed by atoms with van der Waals surface area (Å²) in [6.45, 7) is 6.73. The Morgan fingerprint density at radius 1 is 1.07 bits per heavy atom. The van der Waals surface area contributed by atoms with Gasteiger partial charge in [0, 0.05) is 18.3 Å². The van der Waals surface area contributed by atoms with Crippen molar-refractivity contribution in [3.8, 4) is 11.5 Å². The number of carbonyl (C=O) groups is 3. The third-order valence-corrected chi connectivity index (χ3v) is 4.12. The summed E-state index contributed by atoms with van der Waals surface area (Å²) in [7, 11) is 0. The van der Waals surface area contributed by atoms with Crippen LogP contribution in [-0.2, 0) is 28.6 Å². The summed E-state index contributed by atoms with van der Waals surface area (Å²) in [5, 5.41) is 0. The minimum Gasteiger partial charge on any atom is -0.490 e. The van der Waals surface area contributed by atoms with Crippen molar-refractivity contribution in [3.05, 3.63) is 27.7 Å². The molecule has 0 radical (unpaired) electrons. The zero-order valence-electron chi connectivity index (χ0n) is 16.0. The van der Waals surface area contributed by atoms with Crippen LogP contribution in [0.4, 0.5) is 0 Å². The van der Waals surface area contributed by atoms with Gasteiger partial charge in [-0.2, -0.15) is 0 Å². The summed E-state index contributed by atoms with van der Waals surface area (Å²) in [5.74, 6) is -2.76. The number of benzene rings is 1. The minimum absolute atomic E-state index is 0.248. The second-order valence-corrected chi connectivity index (χ2v) is 6.94. The van der Waals surface area contributed by atoms with E-state index in [0.29, 0.717) is 28.1 Å². The first-order valence-corrected chi connectivity index (χ1v) is 9.39. The van der Waals surface area contributed by atoms with Crippen molar-refractivity contribution < 1.29 is 38.1 Å². The van der Waals surface area contributed by atoms with Crippen LogP contribution in [0.3, 0.4) is 0 Å². The Kier molecular flexibility index (Phi) is 7.06. The molecule has 0 aromatic heterocycles. The van der Waals surface area contributed by atoms with Gasteiger partial charge in [-0.3, -0.25) is 0 Å². The van der Waals surface area contributed by atoms with Gasteiger partial charge in [0.25, 0.3) is 5.79 Å². The molecule has 8 nitrogen and oxygen atoms in total. The molecule has 1 fully saturated rings. The van der Waals surface area contributed by atoms with E-state index in [4.69, 9.17) is 23.7 Å². The summed E-state index contributed by atoms with van der Waals surface area (Å²) in [6.07, 6.45) is 1.33. The van der Waals surface area contributed by atoms with Crippen LogP contribution in [0.5, 0.6) is 11.5 Å². The van der Waals surface area contributed by atoms with Gasteiger partial charge in [0.15, 0.2) is 18.1 Å². The number of hydrogen-bond donors (Lipinski definition) is 0. The Bertz CT molecular complexity index is 790. The molecular formula is C19H21BrO8. The summed E-state index contributed by atoms with van der Waals surface area (Å²) < 4.78 is 26.5. The number of hydrogen-bond acceptors (Lipinski definition) is 8. The number of halogens is 1. The van der Waals surface area contributed by atoms with Crippen LogP contribution in [0.15, 0.2) is 22.2 Å². The van der Waals surface area contributed by atoms with Crippen molar-refractivity contribution >= 4 is 39.9 Å². The van der Waals surface area contributed by atoms with Crippen molar-refractivity contribution in [2.75, 3.05) is 19.8 Å². The van der Waals surface area contributed by atoms with Gasteiger partial charge < -0.3 is 23.7 Å².